The van der Waals surface area contributed by atoms with Crippen LogP contribution in [0.25, 0.3) is 0 Å². The maximum absolute atomic E-state index is 11.0. The molecule has 0 spiro atoms. The van der Waals surface area contributed by atoms with E-state index >= 15 is 0 Å². The van der Waals surface area contributed by atoms with Gasteiger partial charge in [0, 0.05) is 12.1 Å². The Morgan fingerprint density at radius 3 is 2.44 bits per heavy atom. The molecule has 0 aliphatic heterocycles. The van der Waals surface area contributed by atoms with E-state index in [4.69, 9.17) is 5.11 Å². The number of carbonyl (C=O) groups is 1. The fourth-order valence-corrected chi connectivity index (χ4v) is 3.33. The van der Waals surface area contributed by atoms with E-state index in [9.17, 15) is 4.79 Å². The monoisotopic (exact) mass is 255 g/mol. The van der Waals surface area contributed by atoms with Gasteiger partial charge in [0.15, 0.2) is 0 Å². The lowest BCUT2D eigenvalue weighted by molar-refractivity contribution is -0.139. The van der Waals surface area contributed by atoms with E-state index in [1.54, 1.807) is 0 Å². The van der Waals surface area contributed by atoms with Gasteiger partial charge in [-0.2, -0.15) is 0 Å². The summed E-state index contributed by atoms with van der Waals surface area (Å²) in [5.41, 5.74) is 0. The van der Waals surface area contributed by atoms with E-state index in [2.05, 4.69) is 32.6 Å². The second kappa shape index (κ2) is 7.13. The molecule has 1 aliphatic rings. The predicted octanol–water partition coefficient (Wildman–Crippen LogP) is 3.39. The van der Waals surface area contributed by atoms with Gasteiger partial charge in [-0.3, -0.25) is 9.69 Å². The number of carboxylic acids is 1. The standard InChI is InChI=1S/C15H29NO2/c1-11(2)8-13-6-5-7-14(9-13)16(12(3)4)10-15(17)18/h11-14H,5-10H2,1-4H3,(H,17,18). The van der Waals surface area contributed by atoms with E-state index in [0.29, 0.717) is 12.1 Å². The lowest BCUT2D eigenvalue weighted by atomic mass is 9.80. The zero-order valence-corrected chi connectivity index (χ0v) is 12.4. The lowest BCUT2D eigenvalue weighted by Gasteiger charge is -2.39. The summed E-state index contributed by atoms with van der Waals surface area (Å²) in [6.45, 7) is 8.96. The third-order valence-corrected chi connectivity index (χ3v) is 4.01. The first-order valence-electron chi connectivity index (χ1n) is 7.37. The first-order valence-corrected chi connectivity index (χ1v) is 7.37. The smallest absolute Gasteiger partial charge is 0.317 e. The summed E-state index contributed by atoms with van der Waals surface area (Å²) < 4.78 is 0. The Bertz CT molecular complexity index is 263. The highest BCUT2D eigenvalue weighted by Crippen LogP contribution is 2.32. The molecule has 1 fully saturated rings. The molecule has 106 valence electrons. The molecule has 0 radical (unpaired) electrons. The summed E-state index contributed by atoms with van der Waals surface area (Å²) in [6, 6.07) is 0.794. The van der Waals surface area contributed by atoms with E-state index in [1.807, 2.05) is 0 Å². The lowest BCUT2D eigenvalue weighted by Crippen LogP contribution is -2.45. The molecule has 18 heavy (non-hydrogen) atoms. The fraction of sp³-hybridized carbons (Fsp3) is 0.933. The van der Waals surface area contributed by atoms with Crippen molar-refractivity contribution in [2.24, 2.45) is 11.8 Å². The minimum atomic E-state index is -0.699. The summed E-state index contributed by atoms with van der Waals surface area (Å²) in [6.07, 6.45) is 6.22. The summed E-state index contributed by atoms with van der Waals surface area (Å²) >= 11 is 0. The number of carboxylic acid groups (broad SMARTS) is 1. The Hall–Kier alpha value is -0.570. The van der Waals surface area contributed by atoms with Crippen LogP contribution < -0.4 is 0 Å². The van der Waals surface area contributed by atoms with Gasteiger partial charge in [-0.25, -0.2) is 0 Å². The Morgan fingerprint density at radius 1 is 1.28 bits per heavy atom. The summed E-state index contributed by atoms with van der Waals surface area (Å²) in [7, 11) is 0. The first kappa shape index (κ1) is 15.5. The molecule has 0 amide bonds. The highest BCUT2D eigenvalue weighted by molar-refractivity contribution is 5.69. The van der Waals surface area contributed by atoms with Crippen LogP contribution in [0.2, 0.25) is 0 Å². The van der Waals surface area contributed by atoms with Crippen molar-refractivity contribution in [1.82, 2.24) is 4.90 Å². The van der Waals surface area contributed by atoms with Crippen LogP contribution in [0.3, 0.4) is 0 Å². The number of rotatable bonds is 6. The zero-order chi connectivity index (χ0) is 13.7. The van der Waals surface area contributed by atoms with Gasteiger partial charge in [0.1, 0.15) is 0 Å². The molecule has 0 saturated heterocycles. The van der Waals surface area contributed by atoms with Crippen LogP contribution in [0, 0.1) is 11.8 Å². The maximum Gasteiger partial charge on any atom is 0.317 e. The van der Waals surface area contributed by atoms with Gasteiger partial charge in [0.25, 0.3) is 0 Å². The van der Waals surface area contributed by atoms with Crippen molar-refractivity contribution in [2.45, 2.75) is 71.9 Å². The van der Waals surface area contributed by atoms with Gasteiger partial charge >= 0.3 is 5.97 Å². The molecular weight excluding hydrogens is 226 g/mol. The average molecular weight is 255 g/mol. The topological polar surface area (TPSA) is 40.5 Å². The largest absolute Gasteiger partial charge is 0.480 e. The SMILES string of the molecule is CC(C)CC1CCCC(N(CC(=O)O)C(C)C)C1. The number of nitrogens with zero attached hydrogens (tertiary/aromatic N) is 1. The van der Waals surface area contributed by atoms with Gasteiger partial charge in [-0.15, -0.1) is 0 Å². The number of hydrogen-bond donors (Lipinski definition) is 1. The van der Waals surface area contributed by atoms with Crippen LogP contribution in [0.5, 0.6) is 0 Å². The molecule has 3 heteroatoms. The van der Waals surface area contributed by atoms with Crippen molar-refractivity contribution < 1.29 is 9.90 Å². The molecular formula is C15H29NO2. The maximum atomic E-state index is 11.0. The third kappa shape index (κ3) is 4.97. The van der Waals surface area contributed by atoms with Crippen molar-refractivity contribution in [2.75, 3.05) is 6.54 Å². The van der Waals surface area contributed by atoms with Crippen LogP contribution in [-0.4, -0.2) is 34.6 Å². The molecule has 1 aliphatic carbocycles. The molecule has 0 aromatic carbocycles. The normalized spacial score (nSPS) is 25.1. The van der Waals surface area contributed by atoms with Gasteiger partial charge in [0.05, 0.1) is 6.54 Å². The summed E-state index contributed by atoms with van der Waals surface area (Å²) in [5, 5.41) is 9.03. The van der Waals surface area contributed by atoms with Crippen molar-refractivity contribution >= 4 is 5.97 Å². The van der Waals surface area contributed by atoms with E-state index in [-0.39, 0.29) is 6.54 Å². The van der Waals surface area contributed by atoms with E-state index in [0.717, 1.165) is 11.8 Å². The molecule has 1 rings (SSSR count). The van der Waals surface area contributed by atoms with Crippen LogP contribution in [0.15, 0.2) is 0 Å². The van der Waals surface area contributed by atoms with E-state index in [1.165, 1.54) is 32.1 Å². The Kier molecular flexibility index (Phi) is 6.13. The van der Waals surface area contributed by atoms with Gasteiger partial charge < -0.3 is 5.11 Å². The average Bonchev–Trinajstić information content (AvgIpc) is 2.24. The van der Waals surface area contributed by atoms with Crippen LogP contribution in [0.1, 0.15) is 59.8 Å². The van der Waals surface area contributed by atoms with Crippen LogP contribution in [-0.2, 0) is 4.79 Å². The molecule has 1 N–H and O–H groups in total. The number of aliphatic carboxylic acids is 1. The van der Waals surface area contributed by atoms with Crippen molar-refractivity contribution in [3.8, 4) is 0 Å². The Balaban J connectivity index is 2.58. The molecule has 3 nitrogen and oxygen atoms in total. The zero-order valence-electron chi connectivity index (χ0n) is 12.4. The second-order valence-electron chi connectivity index (χ2n) is 6.48. The quantitative estimate of drug-likeness (QED) is 0.791. The molecule has 2 unspecified atom stereocenters. The highest BCUT2D eigenvalue weighted by atomic mass is 16.4. The molecule has 0 aromatic rings. The van der Waals surface area contributed by atoms with Crippen molar-refractivity contribution in [3.63, 3.8) is 0 Å². The minimum absolute atomic E-state index is 0.191. The van der Waals surface area contributed by atoms with Crippen LogP contribution in [0.4, 0.5) is 0 Å². The van der Waals surface area contributed by atoms with Gasteiger partial charge in [0.2, 0.25) is 0 Å². The highest BCUT2D eigenvalue weighted by Gasteiger charge is 2.29. The number of hydrogen-bond acceptors (Lipinski definition) is 2. The minimum Gasteiger partial charge on any atom is -0.480 e. The molecule has 0 bridgehead atoms. The molecule has 0 heterocycles. The van der Waals surface area contributed by atoms with Gasteiger partial charge in [-0.05, 0) is 44.9 Å². The fourth-order valence-electron chi connectivity index (χ4n) is 3.33. The predicted molar refractivity (Wildman–Crippen MR) is 74.7 cm³/mol. The Labute approximate surface area is 112 Å². The van der Waals surface area contributed by atoms with Crippen molar-refractivity contribution in [3.05, 3.63) is 0 Å². The summed E-state index contributed by atoms with van der Waals surface area (Å²) in [5.74, 6) is 0.842. The van der Waals surface area contributed by atoms with Crippen LogP contribution >= 0.6 is 0 Å². The first-order chi connectivity index (χ1) is 8.40. The Morgan fingerprint density at radius 2 is 1.94 bits per heavy atom. The molecule has 2 atom stereocenters. The molecule has 1 saturated carbocycles. The van der Waals surface area contributed by atoms with Crippen molar-refractivity contribution in [1.29, 1.82) is 0 Å². The second-order valence-corrected chi connectivity index (χ2v) is 6.48. The third-order valence-electron chi connectivity index (χ3n) is 4.01. The van der Waals surface area contributed by atoms with E-state index < -0.39 is 5.97 Å². The van der Waals surface area contributed by atoms with Gasteiger partial charge in [-0.1, -0.05) is 26.7 Å². The molecule has 0 aromatic heterocycles. The summed E-state index contributed by atoms with van der Waals surface area (Å²) in [4.78, 5) is 13.1.